The van der Waals surface area contributed by atoms with E-state index < -0.39 is 0 Å². The quantitative estimate of drug-likeness (QED) is 0.720. The van der Waals surface area contributed by atoms with E-state index in [2.05, 4.69) is 5.32 Å². The molecular weight excluding hydrogens is 190 g/mol. The van der Waals surface area contributed by atoms with E-state index in [4.69, 9.17) is 4.74 Å². The van der Waals surface area contributed by atoms with Gasteiger partial charge in [-0.2, -0.15) is 0 Å². The first-order chi connectivity index (χ1) is 7.31. The van der Waals surface area contributed by atoms with Crippen LogP contribution in [0.25, 0.3) is 0 Å². The van der Waals surface area contributed by atoms with E-state index in [0.29, 0.717) is 6.61 Å². The van der Waals surface area contributed by atoms with Crippen molar-refractivity contribution < 1.29 is 9.53 Å². The molecule has 0 radical (unpaired) electrons. The van der Waals surface area contributed by atoms with E-state index in [9.17, 15) is 4.79 Å². The Morgan fingerprint density at radius 2 is 1.93 bits per heavy atom. The number of carbonyl (C=O) groups is 1. The Morgan fingerprint density at radius 3 is 2.53 bits per heavy atom. The van der Waals surface area contributed by atoms with Crippen molar-refractivity contribution in [1.29, 1.82) is 0 Å². The number of piperidine rings is 1. The smallest absolute Gasteiger partial charge is 0.308 e. The van der Waals surface area contributed by atoms with Crippen molar-refractivity contribution in [3.63, 3.8) is 0 Å². The molecule has 1 aliphatic carbocycles. The molecule has 0 aromatic carbocycles. The zero-order valence-corrected chi connectivity index (χ0v) is 9.50. The van der Waals surface area contributed by atoms with Gasteiger partial charge in [-0.15, -0.1) is 0 Å². The van der Waals surface area contributed by atoms with Gasteiger partial charge in [-0.05, 0) is 57.5 Å². The molecule has 0 amide bonds. The molecule has 1 aliphatic heterocycles. The third-order valence-corrected chi connectivity index (χ3v) is 3.84. The summed E-state index contributed by atoms with van der Waals surface area (Å²) in [7, 11) is 0. The molecule has 0 unspecified atom stereocenters. The van der Waals surface area contributed by atoms with Crippen molar-refractivity contribution in [2.24, 2.45) is 17.8 Å². The van der Waals surface area contributed by atoms with Gasteiger partial charge in [0.2, 0.25) is 0 Å². The molecule has 0 aromatic rings. The molecule has 86 valence electrons. The number of rotatable bonds is 3. The Bertz CT molecular complexity index is 218. The molecule has 0 aromatic heterocycles. The van der Waals surface area contributed by atoms with Gasteiger partial charge in [0.1, 0.15) is 0 Å². The Kier molecular flexibility index (Phi) is 3.62. The Hall–Kier alpha value is -0.570. The molecule has 3 heteroatoms. The van der Waals surface area contributed by atoms with Crippen LogP contribution in [0.1, 0.15) is 32.6 Å². The first kappa shape index (κ1) is 10.9. The Labute approximate surface area is 91.6 Å². The maximum atomic E-state index is 11.4. The second-order valence-electron chi connectivity index (χ2n) is 4.77. The van der Waals surface area contributed by atoms with Gasteiger partial charge >= 0.3 is 5.97 Å². The monoisotopic (exact) mass is 211 g/mol. The molecule has 2 aliphatic rings. The second-order valence-corrected chi connectivity index (χ2v) is 4.77. The van der Waals surface area contributed by atoms with E-state index in [-0.39, 0.29) is 11.9 Å². The molecule has 1 N–H and O–H groups in total. The van der Waals surface area contributed by atoms with Crippen LogP contribution in [0.5, 0.6) is 0 Å². The van der Waals surface area contributed by atoms with Gasteiger partial charge in [0, 0.05) is 0 Å². The maximum Gasteiger partial charge on any atom is 0.308 e. The first-order valence-corrected chi connectivity index (χ1v) is 6.18. The van der Waals surface area contributed by atoms with Crippen molar-refractivity contribution in [3.8, 4) is 0 Å². The zero-order chi connectivity index (χ0) is 10.7. The summed E-state index contributed by atoms with van der Waals surface area (Å²) >= 11 is 0. The number of hydrogen-bond acceptors (Lipinski definition) is 3. The summed E-state index contributed by atoms with van der Waals surface area (Å²) in [6.45, 7) is 4.71. The van der Waals surface area contributed by atoms with Gasteiger partial charge in [-0.1, -0.05) is 0 Å². The summed E-state index contributed by atoms with van der Waals surface area (Å²) in [4.78, 5) is 11.4. The van der Waals surface area contributed by atoms with Crippen LogP contribution < -0.4 is 5.32 Å². The van der Waals surface area contributed by atoms with Gasteiger partial charge in [0.05, 0.1) is 12.5 Å². The van der Waals surface area contributed by atoms with Gasteiger partial charge in [-0.3, -0.25) is 4.79 Å². The van der Waals surface area contributed by atoms with Crippen molar-refractivity contribution in [1.82, 2.24) is 5.32 Å². The van der Waals surface area contributed by atoms with Gasteiger partial charge in [0.25, 0.3) is 0 Å². The average molecular weight is 211 g/mol. The van der Waals surface area contributed by atoms with Crippen LogP contribution in [0.3, 0.4) is 0 Å². The van der Waals surface area contributed by atoms with Crippen LogP contribution in [0.15, 0.2) is 0 Å². The average Bonchev–Trinajstić information content (AvgIpc) is 2.17. The summed E-state index contributed by atoms with van der Waals surface area (Å²) in [5.74, 6) is 1.89. The van der Waals surface area contributed by atoms with E-state index in [1.54, 1.807) is 0 Å². The minimum Gasteiger partial charge on any atom is -0.466 e. The molecule has 0 atom stereocenters. The molecule has 1 saturated carbocycles. The zero-order valence-electron chi connectivity index (χ0n) is 9.50. The van der Waals surface area contributed by atoms with E-state index in [1.807, 2.05) is 6.92 Å². The van der Waals surface area contributed by atoms with Gasteiger partial charge in [-0.25, -0.2) is 0 Å². The highest BCUT2D eigenvalue weighted by molar-refractivity contribution is 5.73. The molecule has 0 spiro atoms. The van der Waals surface area contributed by atoms with E-state index >= 15 is 0 Å². The van der Waals surface area contributed by atoms with Crippen LogP contribution in [0, 0.1) is 17.8 Å². The third-order valence-electron chi connectivity index (χ3n) is 3.84. The maximum absolute atomic E-state index is 11.4. The van der Waals surface area contributed by atoms with E-state index in [0.717, 1.165) is 37.8 Å². The summed E-state index contributed by atoms with van der Waals surface area (Å²) in [6, 6.07) is 0. The van der Waals surface area contributed by atoms with E-state index in [1.165, 1.54) is 12.8 Å². The van der Waals surface area contributed by atoms with Crippen molar-refractivity contribution in [2.45, 2.75) is 32.6 Å². The molecule has 1 heterocycles. The SMILES string of the molecule is CCOC(=O)C1CC(C2CCNCC2)C1. The standard InChI is InChI=1S/C12H21NO2/c1-2-15-12(14)11-7-10(8-11)9-3-5-13-6-4-9/h9-11,13H,2-8H2,1H3. The van der Waals surface area contributed by atoms with Crippen LogP contribution in [0.4, 0.5) is 0 Å². The predicted octanol–water partition coefficient (Wildman–Crippen LogP) is 1.58. The molecule has 3 nitrogen and oxygen atoms in total. The number of nitrogens with one attached hydrogen (secondary N) is 1. The highest BCUT2D eigenvalue weighted by atomic mass is 16.5. The van der Waals surface area contributed by atoms with Crippen molar-refractivity contribution in [2.75, 3.05) is 19.7 Å². The minimum atomic E-state index is 0.0303. The molecular formula is C12H21NO2. The Morgan fingerprint density at radius 1 is 1.27 bits per heavy atom. The third kappa shape index (κ3) is 2.51. The fraction of sp³-hybridized carbons (Fsp3) is 0.917. The number of esters is 1. The lowest BCUT2D eigenvalue weighted by atomic mass is 9.66. The normalized spacial score (nSPS) is 32.1. The van der Waals surface area contributed by atoms with Crippen LogP contribution in [-0.4, -0.2) is 25.7 Å². The summed E-state index contributed by atoms with van der Waals surface area (Å²) < 4.78 is 5.03. The first-order valence-electron chi connectivity index (χ1n) is 6.18. The number of hydrogen-bond donors (Lipinski definition) is 1. The summed E-state index contributed by atoms with van der Waals surface area (Å²) in [6.07, 6.45) is 4.73. The van der Waals surface area contributed by atoms with Crippen LogP contribution in [-0.2, 0) is 9.53 Å². The molecule has 1 saturated heterocycles. The predicted molar refractivity (Wildman–Crippen MR) is 58.4 cm³/mol. The summed E-state index contributed by atoms with van der Waals surface area (Å²) in [5, 5.41) is 3.38. The van der Waals surface area contributed by atoms with Gasteiger partial charge < -0.3 is 10.1 Å². The molecule has 2 rings (SSSR count). The number of ether oxygens (including phenoxy) is 1. The van der Waals surface area contributed by atoms with Crippen LogP contribution >= 0.6 is 0 Å². The molecule has 0 bridgehead atoms. The Balaban J connectivity index is 1.70. The fourth-order valence-corrected chi connectivity index (χ4v) is 2.81. The lowest BCUT2D eigenvalue weighted by molar-refractivity contribution is -0.153. The highest BCUT2D eigenvalue weighted by Crippen LogP contribution is 2.42. The number of carbonyl (C=O) groups excluding carboxylic acids is 1. The van der Waals surface area contributed by atoms with Crippen molar-refractivity contribution in [3.05, 3.63) is 0 Å². The largest absolute Gasteiger partial charge is 0.466 e. The van der Waals surface area contributed by atoms with Crippen molar-refractivity contribution >= 4 is 5.97 Å². The van der Waals surface area contributed by atoms with Crippen LogP contribution in [0.2, 0.25) is 0 Å². The topological polar surface area (TPSA) is 38.3 Å². The second kappa shape index (κ2) is 4.97. The highest BCUT2D eigenvalue weighted by Gasteiger charge is 2.39. The summed E-state index contributed by atoms with van der Waals surface area (Å²) in [5.41, 5.74) is 0. The fourth-order valence-electron chi connectivity index (χ4n) is 2.81. The molecule has 15 heavy (non-hydrogen) atoms. The lowest BCUT2D eigenvalue weighted by Crippen LogP contribution is -2.40. The lowest BCUT2D eigenvalue weighted by Gasteiger charge is -2.40. The molecule has 2 fully saturated rings. The minimum absolute atomic E-state index is 0.0303. The van der Waals surface area contributed by atoms with Gasteiger partial charge in [0.15, 0.2) is 0 Å².